The number of hydrazine groups is 1. The number of hydrogen-bond donors (Lipinski definition) is 2. The van der Waals surface area contributed by atoms with Crippen molar-refractivity contribution < 1.29 is 23.8 Å². The van der Waals surface area contributed by atoms with Crippen LogP contribution >= 0.6 is 0 Å². The molecule has 2 N–H and O–H groups in total. The molecule has 2 aromatic carbocycles. The normalized spacial score (nSPS) is 9.67. The first-order chi connectivity index (χ1) is 13.1. The van der Waals surface area contributed by atoms with Gasteiger partial charge in [-0.1, -0.05) is 0 Å². The van der Waals surface area contributed by atoms with Crippen LogP contribution in [-0.4, -0.2) is 32.1 Å². The second-order valence-corrected chi connectivity index (χ2v) is 5.23. The molecule has 27 heavy (non-hydrogen) atoms. The predicted octanol–water partition coefficient (Wildman–Crippen LogP) is 1.81. The maximum absolute atomic E-state index is 12.1. The van der Waals surface area contributed by atoms with E-state index in [1.807, 2.05) is 13.0 Å². The number of rotatable bonds is 7. The van der Waals surface area contributed by atoms with Crippen molar-refractivity contribution in [2.24, 2.45) is 0 Å². The van der Waals surface area contributed by atoms with Crippen LogP contribution in [0.4, 0.5) is 0 Å². The van der Waals surface area contributed by atoms with E-state index >= 15 is 0 Å². The fourth-order valence-corrected chi connectivity index (χ4v) is 2.09. The van der Waals surface area contributed by atoms with Crippen molar-refractivity contribution in [3.8, 4) is 23.3 Å². The van der Waals surface area contributed by atoms with Crippen LogP contribution in [-0.2, 0) is 4.79 Å². The van der Waals surface area contributed by atoms with Crippen molar-refractivity contribution in [1.29, 1.82) is 5.26 Å². The summed E-state index contributed by atoms with van der Waals surface area (Å²) in [5, 5.41) is 8.73. The Morgan fingerprint density at radius 1 is 1.04 bits per heavy atom. The van der Waals surface area contributed by atoms with E-state index in [9.17, 15) is 9.59 Å². The van der Waals surface area contributed by atoms with E-state index in [-0.39, 0.29) is 6.61 Å². The molecule has 2 amide bonds. The smallest absolute Gasteiger partial charge is 0.276 e. The molecule has 0 fully saturated rings. The van der Waals surface area contributed by atoms with Gasteiger partial charge in [0.25, 0.3) is 11.8 Å². The lowest BCUT2D eigenvalue weighted by molar-refractivity contribution is -0.123. The van der Waals surface area contributed by atoms with Gasteiger partial charge in [0.1, 0.15) is 5.75 Å². The van der Waals surface area contributed by atoms with E-state index in [2.05, 4.69) is 10.9 Å². The monoisotopic (exact) mass is 369 g/mol. The summed E-state index contributed by atoms with van der Waals surface area (Å²) in [5.41, 5.74) is 5.35. The molecule has 0 bridgehead atoms. The van der Waals surface area contributed by atoms with Crippen molar-refractivity contribution in [1.82, 2.24) is 10.9 Å². The fraction of sp³-hybridized carbons (Fsp3) is 0.211. The summed E-state index contributed by atoms with van der Waals surface area (Å²) in [6, 6.07) is 13.0. The van der Waals surface area contributed by atoms with E-state index < -0.39 is 11.8 Å². The average Bonchev–Trinajstić information content (AvgIpc) is 2.71. The second-order valence-electron chi connectivity index (χ2n) is 5.23. The fourth-order valence-electron chi connectivity index (χ4n) is 2.09. The highest BCUT2D eigenvalue weighted by molar-refractivity contribution is 5.96. The van der Waals surface area contributed by atoms with Crippen molar-refractivity contribution in [3.63, 3.8) is 0 Å². The van der Waals surface area contributed by atoms with Crippen molar-refractivity contribution in [2.75, 3.05) is 20.3 Å². The second kappa shape index (κ2) is 9.68. The van der Waals surface area contributed by atoms with Crippen LogP contribution in [0.15, 0.2) is 42.5 Å². The summed E-state index contributed by atoms with van der Waals surface area (Å²) in [4.78, 5) is 23.9. The minimum Gasteiger partial charge on any atom is -0.493 e. The Kier molecular flexibility index (Phi) is 7.02. The quantitative estimate of drug-likeness (QED) is 0.720. The van der Waals surface area contributed by atoms with Crippen LogP contribution in [0.2, 0.25) is 0 Å². The summed E-state index contributed by atoms with van der Waals surface area (Å²) in [5.74, 6) is 0.330. The molecule has 0 saturated carbocycles. The van der Waals surface area contributed by atoms with Gasteiger partial charge in [-0.25, -0.2) is 0 Å². The summed E-state index contributed by atoms with van der Waals surface area (Å²) in [6.45, 7) is 2.02. The average molecular weight is 369 g/mol. The van der Waals surface area contributed by atoms with E-state index in [0.29, 0.717) is 35.0 Å². The van der Waals surface area contributed by atoms with Crippen molar-refractivity contribution in [3.05, 3.63) is 53.6 Å². The minimum atomic E-state index is -0.536. The minimum absolute atomic E-state index is 0.293. The molecule has 0 atom stereocenters. The van der Waals surface area contributed by atoms with Gasteiger partial charge in [-0.2, -0.15) is 5.26 Å². The number of hydrogen-bond acceptors (Lipinski definition) is 6. The number of ether oxygens (including phenoxy) is 3. The maximum atomic E-state index is 12.1. The van der Waals surface area contributed by atoms with Gasteiger partial charge in [0, 0.05) is 5.56 Å². The Balaban J connectivity index is 1.85. The molecule has 0 aliphatic rings. The predicted molar refractivity (Wildman–Crippen MR) is 96.4 cm³/mol. The molecule has 0 spiro atoms. The zero-order chi connectivity index (χ0) is 19.6. The first-order valence-electron chi connectivity index (χ1n) is 8.10. The van der Waals surface area contributed by atoms with E-state index in [4.69, 9.17) is 19.5 Å². The van der Waals surface area contributed by atoms with Crippen LogP contribution in [0.25, 0.3) is 0 Å². The third-order valence-electron chi connectivity index (χ3n) is 3.39. The highest BCUT2D eigenvalue weighted by Crippen LogP contribution is 2.27. The summed E-state index contributed by atoms with van der Waals surface area (Å²) in [6.07, 6.45) is 0. The number of nitriles is 1. The first kappa shape index (κ1) is 19.6. The van der Waals surface area contributed by atoms with Crippen LogP contribution in [0.1, 0.15) is 22.8 Å². The SMILES string of the molecule is CCOc1ccc(C(=O)NNC(=O)COc2ccc(C#N)cc2)cc1OC. The molecule has 0 heterocycles. The molecule has 140 valence electrons. The molecule has 2 rings (SSSR count). The molecular formula is C19H19N3O5. The van der Waals surface area contributed by atoms with Crippen LogP contribution in [0.5, 0.6) is 17.2 Å². The van der Waals surface area contributed by atoms with E-state index in [0.717, 1.165) is 0 Å². The number of nitrogens with one attached hydrogen (secondary N) is 2. The highest BCUT2D eigenvalue weighted by Gasteiger charge is 2.12. The van der Waals surface area contributed by atoms with Gasteiger partial charge in [0.2, 0.25) is 0 Å². The third-order valence-corrected chi connectivity index (χ3v) is 3.39. The van der Waals surface area contributed by atoms with Gasteiger partial charge in [-0.3, -0.25) is 20.4 Å². The molecule has 0 radical (unpaired) electrons. The molecule has 2 aromatic rings. The molecule has 0 aliphatic carbocycles. The largest absolute Gasteiger partial charge is 0.493 e. The van der Waals surface area contributed by atoms with Gasteiger partial charge >= 0.3 is 0 Å². The zero-order valence-corrected chi connectivity index (χ0v) is 14.9. The molecule has 8 heteroatoms. The van der Waals surface area contributed by atoms with Gasteiger partial charge < -0.3 is 14.2 Å². The lowest BCUT2D eigenvalue weighted by atomic mass is 10.2. The molecule has 0 unspecified atom stereocenters. The standard InChI is InChI=1S/C19H19N3O5/c1-3-26-16-9-6-14(10-17(16)25-2)19(24)22-21-18(23)12-27-15-7-4-13(11-20)5-8-15/h4-10H,3,12H2,1-2H3,(H,21,23)(H,22,24). The molecular weight excluding hydrogens is 350 g/mol. The van der Waals surface area contributed by atoms with Gasteiger partial charge in [0.05, 0.1) is 25.3 Å². The molecule has 8 nitrogen and oxygen atoms in total. The van der Waals surface area contributed by atoms with Crippen molar-refractivity contribution in [2.45, 2.75) is 6.92 Å². The van der Waals surface area contributed by atoms with E-state index in [1.165, 1.54) is 13.2 Å². The molecule has 0 aliphatic heterocycles. The Bertz CT molecular complexity index is 843. The number of benzene rings is 2. The molecule has 0 saturated heterocycles. The number of carbonyl (C=O) groups is 2. The summed E-state index contributed by atoms with van der Waals surface area (Å²) >= 11 is 0. The highest BCUT2D eigenvalue weighted by atomic mass is 16.5. The van der Waals surface area contributed by atoms with Crippen LogP contribution in [0.3, 0.4) is 0 Å². The number of amides is 2. The Morgan fingerprint density at radius 3 is 2.41 bits per heavy atom. The zero-order valence-electron chi connectivity index (χ0n) is 14.9. The maximum Gasteiger partial charge on any atom is 0.276 e. The van der Waals surface area contributed by atoms with Gasteiger partial charge in [0.15, 0.2) is 18.1 Å². The van der Waals surface area contributed by atoms with Gasteiger partial charge in [-0.05, 0) is 49.4 Å². The third kappa shape index (κ3) is 5.64. The number of carbonyl (C=O) groups excluding carboxylic acids is 2. The lowest BCUT2D eigenvalue weighted by Crippen LogP contribution is -2.43. The summed E-state index contributed by atoms with van der Waals surface area (Å²) < 4.78 is 15.8. The van der Waals surface area contributed by atoms with Gasteiger partial charge in [-0.15, -0.1) is 0 Å². The van der Waals surface area contributed by atoms with Crippen LogP contribution < -0.4 is 25.1 Å². The Labute approximate surface area is 156 Å². The first-order valence-corrected chi connectivity index (χ1v) is 8.10. The van der Waals surface area contributed by atoms with E-state index in [1.54, 1.807) is 36.4 Å². The lowest BCUT2D eigenvalue weighted by Gasteiger charge is -2.12. The Morgan fingerprint density at radius 2 is 1.78 bits per heavy atom. The Hall–Kier alpha value is -3.73. The van der Waals surface area contributed by atoms with Crippen LogP contribution in [0, 0.1) is 11.3 Å². The van der Waals surface area contributed by atoms with Crippen molar-refractivity contribution >= 4 is 11.8 Å². The molecule has 0 aromatic heterocycles. The number of nitrogens with zero attached hydrogens (tertiary/aromatic N) is 1. The summed E-state index contributed by atoms with van der Waals surface area (Å²) in [7, 11) is 1.47. The topological polar surface area (TPSA) is 110 Å². The number of methoxy groups -OCH3 is 1.